The van der Waals surface area contributed by atoms with Crippen LogP contribution in [0.4, 0.5) is 0 Å². The van der Waals surface area contributed by atoms with Gasteiger partial charge in [0.15, 0.2) is 0 Å². The van der Waals surface area contributed by atoms with Crippen molar-refractivity contribution in [1.82, 2.24) is 5.32 Å². The smallest absolute Gasteiger partial charge is 0.336 e. The van der Waals surface area contributed by atoms with Gasteiger partial charge in [-0.05, 0) is 43.9 Å². The molecule has 0 spiro atoms. The predicted octanol–water partition coefficient (Wildman–Crippen LogP) is 2.84. The van der Waals surface area contributed by atoms with E-state index in [0.717, 1.165) is 24.0 Å². The largest absolute Gasteiger partial charge is 0.490 e. The van der Waals surface area contributed by atoms with E-state index in [4.69, 9.17) is 9.15 Å². The third kappa shape index (κ3) is 2.68. The number of hydrogen-bond acceptors (Lipinski definition) is 4. The number of fused-ring (bicyclic) bond motifs is 3. The van der Waals surface area contributed by atoms with Crippen molar-refractivity contribution in [2.75, 3.05) is 0 Å². The van der Waals surface area contributed by atoms with Gasteiger partial charge >= 0.3 is 5.63 Å². The van der Waals surface area contributed by atoms with Crippen LogP contribution < -0.4 is 15.7 Å². The molecule has 4 rings (SSSR count). The molecule has 4 heteroatoms. The summed E-state index contributed by atoms with van der Waals surface area (Å²) in [5.74, 6) is 0.793. The molecule has 0 radical (unpaired) electrons. The molecule has 21 heavy (non-hydrogen) atoms. The maximum Gasteiger partial charge on any atom is 0.336 e. The first-order chi connectivity index (χ1) is 10.3. The first-order valence-electron chi connectivity index (χ1n) is 7.73. The van der Waals surface area contributed by atoms with Crippen LogP contribution in [0.15, 0.2) is 39.5 Å². The molecule has 1 unspecified atom stereocenters. The fourth-order valence-electron chi connectivity index (χ4n) is 3.62. The van der Waals surface area contributed by atoms with Crippen LogP contribution in [0.5, 0.6) is 5.75 Å². The molecule has 1 aromatic heterocycles. The SMILES string of the molecule is O=c1ccc2ccc(OC3C[C@H]4CCC[C@@H](C3)N4)cc2o1. The van der Waals surface area contributed by atoms with Crippen molar-refractivity contribution in [3.8, 4) is 5.75 Å². The second-order valence-corrected chi connectivity index (χ2v) is 6.16. The molecule has 2 aromatic rings. The van der Waals surface area contributed by atoms with Crippen LogP contribution in [-0.4, -0.2) is 18.2 Å². The number of benzene rings is 1. The van der Waals surface area contributed by atoms with Crippen LogP contribution in [0.25, 0.3) is 11.0 Å². The van der Waals surface area contributed by atoms with E-state index in [-0.39, 0.29) is 11.7 Å². The Labute approximate surface area is 123 Å². The van der Waals surface area contributed by atoms with Gasteiger partial charge in [0, 0.05) is 29.6 Å². The topological polar surface area (TPSA) is 51.5 Å². The number of piperidine rings is 2. The van der Waals surface area contributed by atoms with Gasteiger partial charge in [0.05, 0.1) is 0 Å². The maximum atomic E-state index is 11.3. The van der Waals surface area contributed by atoms with Gasteiger partial charge in [-0.25, -0.2) is 4.79 Å². The van der Waals surface area contributed by atoms with Gasteiger partial charge in [-0.3, -0.25) is 0 Å². The molecule has 3 heterocycles. The summed E-state index contributed by atoms with van der Waals surface area (Å²) in [6.45, 7) is 0. The minimum atomic E-state index is -0.323. The molecule has 1 aromatic carbocycles. The number of rotatable bonds is 2. The van der Waals surface area contributed by atoms with Crippen LogP contribution in [0, 0.1) is 0 Å². The Morgan fingerprint density at radius 1 is 1.10 bits per heavy atom. The van der Waals surface area contributed by atoms with Crippen molar-refractivity contribution in [3.05, 3.63) is 40.8 Å². The molecular formula is C17H19NO3. The van der Waals surface area contributed by atoms with E-state index in [2.05, 4.69) is 5.32 Å². The molecule has 4 nitrogen and oxygen atoms in total. The average Bonchev–Trinajstić information content (AvgIpc) is 2.46. The van der Waals surface area contributed by atoms with Gasteiger partial charge in [0.25, 0.3) is 0 Å². The summed E-state index contributed by atoms with van der Waals surface area (Å²) in [7, 11) is 0. The second kappa shape index (κ2) is 5.19. The summed E-state index contributed by atoms with van der Waals surface area (Å²) in [5.41, 5.74) is 0.269. The highest BCUT2D eigenvalue weighted by atomic mass is 16.5. The first kappa shape index (κ1) is 12.9. The molecule has 2 aliphatic heterocycles. The molecule has 0 saturated carbocycles. The van der Waals surface area contributed by atoms with Gasteiger partial charge in [0.1, 0.15) is 17.4 Å². The summed E-state index contributed by atoms with van der Waals surface area (Å²) in [6.07, 6.45) is 6.22. The summed E-state index contributed by atoms with van der Waals surface area (Å²) in [5, 5.41) is 4.59. The van der Waals surface area contributed by atoms with E-state index in [1.165, 1.54) is 25.3 Å². The van der Waals surface area contributed by atoms with E-state index >= 15 is 0 Å². The Kier molecular flexibility index (Phi) is 3.19. The van der Waals surface area contributed by atoms with Crippen molar-refractivity contribution in [2.24, 2.45) is 0 Å². The average molecular weight is 285 g/mol. The van der Waals surface area contributed by atoms with Crippen molar-refractivity contribution in [1.29, 1.82) is 0 Å². The lowest BCUT2D eigenvalue weighted by molar-refractivity contribution is 0.0928. The zero-order chi connectivity index (χ0) is 14.2. The third-order valence-corrected chi connectivity index (χ3v) is 4.57. The van der Waals surface area contributed by atoms with E-state index in [1.807, 2.05) is 18.2 Å². The highest BCUT2D eigenvalue weighted by molar-refractivity contribution is 5.77. The molecule has 1 N–H and O–H groups in total. The Hall–Kier alpha value is -1.81. The molecule has 2 saturated heterocycles. The third-order valence-electron chi connectivity index (χ3n) is 4.57. The lowest BCUT2D eigenvalue weighted by Gasteiger charge is -2.40. The Morgan fingerprint density at radius 3 is 2.67 bits per heavy atom. The van der Waals surface area contributed by atoms with E-state index in [1.54, 1.807) is 6.07 Å². The second-order valence-electron chi connectivity index (χ2n) is 6.16. The number of ether oxygens (including phenoxy) is 1. The summed E-state index contributed by atoms with van der Waals surface area (Å²) >= 11 is 0. The molecule has 2 bridgehead atoms. The first-order valence-corrected chi connectivity index (χ1v) is 7.73. The van der Waals surface area contributed by atoms with E-state index in [9.17, 15) is 4.79 Å². The van der Waals surface area contributed by atoms with Gasteiger partial charge in [-0.15, -0.1) is 0 Å². The van der Waals surface area contributed by atoms with Crippen molar-refractivity contribution in [2.45, 2.75) is 50.3 Å². The highest BCUT2D eigenvalue weighted by Crippen LogP contribution is 2.29. The molecule has 0 aliphatic carbocycles. The normalized spacial score (nSPS) is 28.5. The highest BCUT2D eigenvalue weighted by Gasteiger charge is 2.32. The molecule has 3 atom stereocenters. The van der Waals surface area contributed by atoms with Crippen molar-refractivity contribution in [3.63, 3.8) is 0 Å². The van der Waals surface area contributed by atoms with E-state index < -0.39 is 0 Å². The summed E-state index contributed by atoms with van der Waals surface area (Å²) in [6, 6.07) is 10.1. The van der Waals surface area contributed by atoms with Crippen LogP contribution in [0.1, 0.15) is 32.1 Å². The molecular weight excluding hydrogens is 266 g/mol. The van der Waals surface area contributed by atoms with Crippen LogP contribution in [0.2, 0.25) is 0 Å². The van der Waals surface area contributed by atoms with Crippen LogP contribution in [-0.2, 0) is 0 Å². The standard InChI is InChI=1S/C17H19NO3/c19-17-7-5-11-4-6-14(10-16(11)21-17)20-15-8-12-2-1-3-13(9-15)18-12/h4-7,10,12-13,15,18H,1-3,8-9H2/t12-,13+,15?. The monoisotopic (exact) mass is 285 g/mol. The number of nitrogens with one attached hydrogen (secondary N) is 1. The minimum Gasteiger partial charge on any atom is -0.490 e. The van der Waals surface area contributed by atoms with Crippen molar-refractivity contribution < 1.29 is 9.15 Å². The van der Waals surface area contributed by atoms with E-state index in [0.29, 0.717) is 17.7 Å². The Morgan fingerprint density at radius 2 is 1.86 bits per heavy atom. The van der Waals surface area contributed by atoms with Crippen LogP contribution in [0.3, 0.4) is 0 Å². The van der Waals surface area contributed by atoms with Crippen molar-refractivity contribution >= 4 is 11.0 Å². The van der Waals surface area contributed by atoms with Gasteiger partial charge in [-0.1, -0.05) is 6.42 Å². The fraction of sp³-hybridized carbons (Fsp3) is 0.471. The molecule has 2 aliphatic rings. The minimum absolute atomic E-state index is 0.259. The van der Waals surface area contributed by atoms with Gasteiger partial charge in [-0.2, -0.15) is 0 Å². The summed E-state index contributed by atoms with van der Waals surface area (Å²) < 4.78 is 11.4. The Bertz CT molecular complexity index is 696. The lowest BCUT2D eigenvalue weighted by atomic mass is 9.85. The number of hydrogen-bond donors (Lipinski definition) is 1. The predicted molar refractivity (Wildman–Crippen MR) is 80.7 cm³/mol. The van der Waals surface area contributed by atoms with Gasteiger partial charge in [0.2, 0.25) is 0 Å². The Balaban J connectivity index is 1.55. The molecule has 2 fully saturated rings. The lowest BCUT2D eigenvalue weighted by Crippen LogP contribution is -2.51. The fourth-order valence-corrected chi connectivity index (χ4v) is 3.62. The van der Waals surface area contributed by atoms with Gasteiger partial charge < -0.3 is 14.5 Å². The summed E-state index contributed by atoms with van der Waals surface area (Å²) in [4.78, 5) is 11.3. The quantitative estimate of drug-likeness (QED) is 0.862. The maximum absolute atomic E-state index is 11.3. The molecule has 0 amide bonds. The zero-order valence-corrected chi connectivity index (χ0v) is 11.9. The molecule has 110 valence electrons. The zero-order valence-electron chi connectivity index (χ0n) is 11.9. The van der Waals surface area contributed by atoms with Crippen LogP contribution >= 0.6 is 0 Å².